The van der Waals surface area contributed by atoms with E-state index in [-0.39, 0.29) is 18.3 Å². The number of aryl methyl sites for hydroxylation is 1. The van der Waals surface area contributed by atoms with Crippen molar-refractivity contribution in [2.75, 3.05) is 32.8 Å². The van der Waals surface area contributed by atoms with Crippen molar-refractivity contribution in [2.24, 2.45) is 5.92 Å². The Balaban J connectivity index is 1.79. The first-order chi connectivity index (χ1) is 10.2. The van der Waals surface area contributed by atoms with Crippen LogP contribution in [0.15, 0.2) is 0 Å². The molecule has 2 heterocycles. The number of hydrogen-bond donors (Lipinski definition) is 2. The molecule has 116 valence electrons. The van der Waals surface area contributed by atoms with E-state index in [9.17, 15) is 9.90 Å². The molecule has 0 saturated carbocycles. The van der Waals surface area contributed by atoms with Crippen molar-refractivity contribution in [2.45, 2.75) is 32.8 Å². The monoisotopic (exact) mass is 292 g/mol. The number of rotatable bonds is 4. The summed E-state index contributed by atoms with van der Waals surface area (Å²) in [7, 11) is 0. The van der Waals surface area contributed by atoms with Gasteiger partial charge in [0.1, 0.15) is 0 Å². The summed E-state index contributed by atoms with van der Waals surface area (Å²) in [5, 5.41) is 9.45. The minimum atomic E-state index is -0.0163. The number of carbonyl (C=O) groups excluding carboxylic acids is 1. The SMILES string of the molecule is CCc1c(CO)[nH]c2c1C(=O)C(CN1CCOCC1)CC2. The van der Waals surface area contributed by atoms with Gasteiger partial charge in [-0.1, -0.05) is 6.92 Å². The Hall–Kier alpha value is -1.17. The third-order valence-corrected chi connectivity index (χ3v) is 4.72. The molecule has 1 unspecified atom stereocenters. The van der Waals surface area contributed by atoms with Crippen LogP contribution in [0, 0.1) is 5.92 Å². The third kappa shape index (κ3) is 2.78. The second-order valence-electron chi connectivity index (χ2n) is 5.96. The number of morpholine rings is 1. The second-order valence-corrected chi connectivity index (χ2v) is 5.96. The van der Waals surface area contributed by atoms with Gasteiger partial charge in [-0.3, -0.25) is 9.69 Å². The van der Waals surface area contributed by atoms with E-state index in [1.165, 1.54) is 0 Å². The Kier molecular flexibility index (Phi) is 4.42. The summed E-state index contributed by atoms with van der Waals surface area (Å²) in [4.78, 5) is 18.4. The number of ketones is 1. The topological polar surface area (TPSA) is 65.6 Å². The fraction of sp³-hybridized carbons (Fsp3) is 0.688. The van der Waals surface area contributed by atoms with Gasteiger partial charge >= 0.3 is 0 Å². The first-order valence-electron chi connectivity index (χ1n) is 7.92. The molecule has 1 aliphatic carbocycles. The van der Waals surface area contributed by atoms with Gasteiger partial charge in [0.25, 0.3) is 0 Å². The molecular formula is C16H24N2O3. The second kappa shape index (κ2) is 6.30. The highest BCUT2D eigenvalue weighted by molar-refractivity contribution is 6.01. The number of H-pyrrole nitrogens is 1. The lowest BCUT2D eigenvalue weighted by molar-refractivity contribution is 0.0291. The van der Waals surface area contributed by atoms with E-state index in [1.54, 1.807) is 0 Å². The highest BCUT2D eigenvalue weighted by Gasteiger charge is 2.33. The van der Waals surface area contributed by atoms with E-state index in [0.717, 1.165) is 74.6 Å². The molecule has 1 aromatic heterocycles. The summed E-state index contributed by atoms with van der Waals surface area (Å²) in [6, 6.07) is 0. The van der Waals surface area contributed by atoms with Gasteiger partial charge in [-0.05, 0) is 24.8 Å². The number of carbonyl (C=O) groups is 1. The Morgan fingerprint density at radius 3 is 2.81 bits per heavy atom. The normalized spacial score (nSPS) is 23.3. The van der Waals surface area contributed by atoms with Crippen LogP contribution in [0.3, 0.4) is 0 Å². The van der Waals surface area contributed by atoms with Crippen molar-refractivity contribution in [3.8, 4) is 0 Å². The molecule has 1 aromatic rings. The molecule has 2 N–H and O–H groups in total. The van der Waals surface area contributed by atoms with Crippen LogP contribution in [0.1, 0.15) is 40.7 Å². The molecule has 1 fully saturated rings. The highest BCUT2D eigenvalue weighted by atomic mass is 16.5. The Morgan fingerprint density at radius 1 is 1.38 bits per heavy atom. The van der Waals surface area contributed by atoms with E-state index in [4.69, 9.17) is 4.74 Å². The number of fused-ring (bicyclic) bond motifs is 1. The zero-order valence-electron chi connectivity index (χ0n) is 12.7. The predicted octanol–water partition coefficient (Wildman–Crippen LogP) is 1.15. The average Bonchev–Trinajstić information content (AvgIpc) is 2.89. The molecule has 2 aliphatic rings. The van der Waals surface area contributed by atoms with Crippen LogP contribution < -0.4 is 0 Å². The average molecular weight is 292 g/mol. The molecular weight excluding hydrogens is 268 g/mol. The maximum absolute atomic E-state index is 12.8. The van der Waals surface area contributed by atoms with Crippen LogP contribution in [0.25, 0.3) is 0 Å². The number of aromatic amines is 1. The summed E-state index contributed by atoms with van der Waals surface area (Å²) in [6.45, 7) is 6.25. The van der Waals surface area contributed by atoms with Crippen molar-refractivity contribution < 1.29 is 14.6 Å². The Morgan fingerprint density at radius 2 is 2.14 bits per heavy atom. The summed E-state index contributed by atoms with van der Waals surface area (Å²) in [6.07, 6.45) is 2.60. The van der Waals surface area contributed by atoms with Crippen LogP contribution >= 0.6 is 0 Å². The summed E-state index contributed by atoms with van der Waals surface area (Å²) < 4.78 is 5.37. The first-order valence-corrected chi connectivity index (χ1v) is 7.92. The molecule has 5 heteroatoms. The van der Waals surface area contributed by atoms with Crippen LogP contribution in [0.2, 0.25) is 0 Å². The molecule has 0 bridgehead atoms. The number of ether oxygens (including phenoxy) is 1. The number of aliphatic hydroxyl groups excluding tert-OH is 1. The number of aromatic nitrogens is 1. The van der Waals surface area contributed by atoms with E-state index in [2.05, 4.69) is 9.88 Å². The number of nitrogens with zero attached hydrogens (tertiary/aromatic N) is 1. The van der Waals surface area contributed by atoms with Gasteiger partial charge in [0.2, 0.25) is 0 Å². The van der Waals surface area contributed by atoms with Crippen molar-refractivity contribution in [1.29, 1.82) is 0 Å². The fourth-order valence-electron chi connectivity index (χ4n) is 3.59. The van der Waals surface area contributed by atoms with E-state index >= 15 is 0 Å². The lowest BCUT2D eigenvalue weighted by Gasteiger charge is -2.31. The summed E-state index contributed by atoms with van der Waals surface area (Å²) in [5.74, 6) is 0.346. The summed E-state index contributed by atoms with van der Waals surface area (Å²) in [5.41, 5.74) is 3.73. The Bertz CT molecular complexity index is 518. The van der Waals surface area contributed by atoms with Crippen LogP contribution in [0.5, 0.6) is 0 Å². The first kappa shape index (κ1) is 14.8. The smallest absolute Gasteiger partial charge is 0.169 e. The highest BCUT2D eigenvalue weighted by Crippen LogP contribution is 2.31. The zero-order valence-corrected chi connectivity index (χ0v) is 12.7. The molecule has 0 amide bonds. The lowest BCUT2D eigenvalue weighted by atomic mass is 9.83. The molecule has 3 rings (SSSR count). The van der Waals surface area contributed by atoms with Gasteiger partial charge in [0, 0.05) is 42.5 Å². The minimum Gasteiger partial charge on any atom is -0.390 e. The molecule has 1 atom stereocenters. The number of Topliss-reactive ketones (excluding diaryl/α,β-unsaturated/α-hetero) is 1. The number of nitrogens with one attached hydrogen (secondary N) is 1. The maximum Gasteiger partial charge on any atom is 0.169 e. The molecule has 0 aromatic carbocycles. The van der Waals surface area contributed by atoms with Gasteiger partial charge in [0.05, 0.1) is 19.8 Å². The van der Waals surface area contributed by atoms with E-state index in [1.807, 2.05) is 6.92 Å². The number of aliphatic hydroxyl groups is 1. The predicted molar refractivity (Wildman–Crippen MR) is 79.5 cm³/mol. The van der Waals surface area contributed by atoms with Gasteiger partial charge in [-0.15, -0.1) is 0 Å². The van der Waals surface area contributed by atoms with Crippen LogP contribution in [0.4, 0.5) is 0 Å². The molecule has 1 saturated heterocycles. The van der Waals surface area contributed by atoms with Crippen molar-refractivity contribution >= 4 is 5.78 Å². The van der Waals surface area contributed by atoms with E-state index < -0.39 is 0 Å². The maximum atomic E-state index is 12.8. The van der Waals surface area contributed by atoms with E-state index in [0.29, 0.717) is 0 Å². The largest absolute Gasteiger partial charge is 0.390 e. The van der Waals surface area contributed by atoms with Crippen molar-refractivity contribution in [1.82, 2.24) is 9.88 Å². The third-order valence-electron chi connectivity index (χ3n) is 4.72. The van der Waals surface area contributed by atoms with Gasteiger partial charge in [-0.25, -0.2) is 0 Å². The van der Waals surface area contributed by atoms with Crippen LogP contribution in [-0.4, -0.2) is 53.6 Å². The summed E-state index contributed by atoms with van der Waals surface area (Å²) >= 11 is 0. The van der Waals surface area contributed by atoms with Crippen molar-refractivity contribution in [3.63, 3.8) is 0 Å². The van der Waals surface area contributed by atoms with Crippen molar-refractivity contribution in [3.05, 3.63) is 22.5 Å². The van der Waals surface area contributed by atoms with Gasteiger partial charge in [-0.2, -0.15) is 0 Å². The Labute approximate surface area is 125 Å². The molecule has 5 nitrogen and oxygen atoms in total. The van der Waals surface area contributed by atoms with Gasteiger partial charge < -0.3 is 14.8 Å². The standard InChI is InChI=1S/C16H24N2O3/c1-2-12-14(10-19)17-13-4-3-11(16(20)15(12)13)9-18-5-7-21-8-6-18/h11,17,19H,2-10H2,1H3. The minimum absolute atomic E-state index is 0.0163. The van der Waals surface area contributed by atoms with Crippen LogP contribution in [-0.2, 0) is 24.2 Å². The molecule has 1 aliphatic heterocycles. The zero-order chi connectivity index (χ0) is 14.8. The number of hydrogen-bond acceptors (Lipinski definition) is 4. The molecule has 0 radical (unpaired) electrons. The molecule has 0 spiro atoms. The lowest BCUT2D eigenvalue weighted by Crippen LogP contribution is -2.42. The van der Waals surface area contributed by atoms with Gasteiger partial charge in [0.15, 0.2) is 5.78 Å². The molecule has 21 heavy (non-hydrogen) atoms. The quantitative estimate of drug-likeness (QED) is 0.873. The fourth-order valence-corrected chi connectivity index (χ4v) is 3.59.